The highest BCUT2D eigenvalue weighted by Crippen LogP contribution is 2.23. The van der Waals surface area contributed by atoms with Crippen LogP contribution >= 0.6 is 0 Å². The van der Waals surface area contributed by atoms with Gasteiger partial charge < -0.3 is 16.0 Å². The van der Waals surface area contributed by atoms with Crippen molar-refractivity contribution in [2.45, 2.75) is 19.8 Å². The Morgan fingerprint density at radius 2 is 2.10 bits per heavy atom. The quantitative estimate of drug-likeness (QED) is 0.886. The Bertz CT molecular complexity index is 496. The molecule has 0 bridgehead atoms. The summed E-state index contributed by atoms with van der Waals surface area (Å²) in [4.78, 5) is 13.5. The molecule has 2 rings (SSSR count). The lowest BCUT2D eigenvalue weighted by Gasteiger charge is -2.29. The van der Waals surface area contributed by atoms with Crippen molar-refractivity contribution in [3.63, 3.8) is 0 Å². The van der Waals surface area contributed by atoms with Gasteiger partial charge in [-0.3, -0.25) is 4.79 Å². The molecule has 0 saturated carbocycles. The van der Waals surface area contributed by atoms with E-state index in [1.165, 1.54) is 6.07 Å². The molecule has 0 atom stereocenters. The predicted octanol–water partition coefficient (Wildman–Crippen LogP) is 1.99. The molecule has 1 aliphatic heterocycles. The van der Waals surface area contributed by atoms with E-state index in [-0.39, 0.29) is 5.56 Å². The number of benzene rings is 1. The molecule has 1 aromatic carbocycles. The van der Waals surface area contributed by atoms with Crippen molar-refractivity contribution in [1.29, 1.82) is 0 Å². The number of primary amides is 1. The van der Waals surface area contributed by atoms with E-state index in [0.717, 1.165) is 32.5 Å². The third-order valence-electron chi connectivity index (χ3n) is 4.05. The van der Waals surface area contributed by atoms with E-state index in [0.29, 0.717) is 17.2 Å². The molecular weight excluding hydrogens is 257 g/mol. The summed E-state index contributed by atoms with van der Waals surface area (Å²) in [6.07, 6.45) is 2.28. The molecular formula is C15H22FN3O. The second-order valence-electron chi connectivity index (χ2n) is 5.62. The van der Waals surface area contributed by atoms with Crippen LogP contribution in [0.1, 0.15) is 28.8 Å². The average molecular weight is 279 g/mol. The molecule has 0 unspecified atom stereocenters. The van der Waals surface area contributed by atoms with Gasteiger partial charge in [-0.05, 0) is 58.0 Å². The first kappa shape index (κ1) is 14.8. The Hall–Kier alpha value is -1.62. The molecule has 3 N–H and O–H groups in total. The number of hydrogen-bond acceptors (Lipinski definition) is 3. The van der Waals surface area contributed by atoms with Gasteiger partial charge in [0.1, 0.15) is 5.82 Å². The van der Waals surface area contributed by atoms with Gasteiger partial charge in [-0.1, -0.05) is 0 Å². The molecule has 1 aromatic rings. The summed E-state index contributed by atoms with van der Waals surface area (Å²) in [7, 11) is 2.12. The molecule has 0 aromatic heterocycles. The standard InChI is InChI=1S/C15H22FN3O/c1-10-13(16)7-12(15(17)20)8-14(10)18-9-11-3-5-19(2)6-4-11/h7-8,11,18H,3-6,9H2,1-2H3,(H2,17,20). The van der Waals surface area contributed by atoms with E-state index in [2.05, 4.69) is 17.3 Å². The zero-order valence-corrected chi connectivity index (χ0v) is 12.1. The van der Waals surface area contributed by atoms with Crippen LogP contribution in [0.25, 0.3) is 0 Å². The Kier molecular flexibility index (Phi) is 4.60. The number of nitrogens with zero attached hydrogens (tertiary/aromatic N) is 1. The lowest BCUT2D eigenvalue weighted by atomic mass is 9.97. The van der Waals surface area contributed by atoms with Gasteiger partial charge in [-0.25, -0.2) is 4.39 Å². The van der Waals surface area contributed by atoms with E-state index in [1.807, 2.05) is 0 Å². The lowest BCUT2D eigenvalue weighted by molar-refractivity contribution is 0.1000. The summed E-state index contributed by atoms with van der Waals surface area (Å²) in [5.41, 5.74) is 6.62. The van der Waals surface area contributed by atoms with Gasteiger partial charge in [0.05, 0.1) is 0 Å². The number of piperidine rings is 1. The molecule has 1 aliphatic rings. The number of nitrogens with one attached hydrogen (secondary N) is 1. The fraction of sp³-hybridized carbons (Fsp3) is 0.533. The predicted molar refractivity (Wildman–Crippen MR) is 78.4 cm³/mol. The minimum atomic E-state index is -0.605. The van der Waals surface area contributed by atoms with E-state index < -0.39 is 11.7 Å². The van der Waals surface area contributed by atoms with E-state index >= 15 is 0 Å². The number of carbonyl (C=O) groups is 1. The normalized spacial score (nSPS) is 17.1. The lowest BCUT2D eigenvalue weighted by Crippen LogP contribution is -2.33. The van der Waals surface area contributed by atoms with E-state index in [9.17, 15) is 9.18 Å². The Morgan fingerprint density at radius 1 is 1.45 bits per heavy atom. The number of carbonyl (C=O) groups excluding carboxylic acids is 1. The summed E-state index contributed by atoms with van der Waals surface area (Å²) in [5, 5.41) is 3.27. The van der Waals surface area contributed by atoms with Gasteiger partial charge in [-0.15, -0.1) is 0 Å². The molecule has 1 saturated heterocycles. The van der Waals surface area contributed by atoms with Crippen LogP contribution in [-0.4, -0.2) is 37.5 Å². The van der Waals surface area contributed by atoms with Crippen LogP contribution in [0.4, 0.5) is 10.1 Å². The number of anilines is 1. The van der Waals surface area contributed by atoms with Crippen molar-refractivity contribution in [1.82, 2.24) is 4.90 Å². The van der Waals surface area contributed by atoms with Crippen molar-refractivity contribution in [2.24, 2.45) is 11.7 Å². The largest absolute Gasteiger partial charge is 0.384 e. The molecule has 0 spiro atoms. The maximum atomic E-state index is 13.8. The molecule has 4 nitrogen and oxygen atoms in total. The van der Waals surface area contributed by atoms with Crippen LogP contribution in [0.5, 0.6) is 0 Å². The summed E-state index contributed by atoms with van der Waals surface area (Å²) in [6, 6.07) is 2.83. The smallest absolute Gasteiger partial charge is 0.248 e. The van der Waals surface area contributed by atoms with Crippen LogP contribution in [0, 0.1) is 18.7 Å². The average Bonchev–Trinajstić information content (AvgIpc) is 2.42. The minimum Gasteiger partial charge on any atom is -0.384 e. The third-order valence-corrected chi connectivity index (χ3v) is 4.05. The van der Waals surface area contributed by atoms with Crippen molar-refractivity contribution in [3.05, 3.63) is 29.1 Å². The van der Waals surface area contributed by atoms with Crippen LogP contribution in [0.2, 0.25) is 0 Å². The fourth-order valence-electron chi connectivity index (χ4n) is 2.53. The molecule has 5 heteroatoms. The van der Waals surface area contributed by atoms with Crippen LogP contribution in [-0.2, 0) is 0 Å². The number of rotatable bonds is 4. The molecule has 1 fully saturated rings. The Labute approximate surface area is 119 Å². The third kappa shape index (κ3) is 3.48. The number of nitrogens with two attached hydrogens (primary N) is 1. The van der Waals surface area contributed by atoms with Gasteiger partial charge in [0, 0.05) is 23.4 Å². The van der Waals surface area contributed by atoms with Crippen molar-refractivity contribution < 1.29 is 9.18 Å². The van der Waals surface area contributed by atoms with Crippen molar-refractivity contribution in [2.75, 3.05) is 32.0 Å². The van der Waals surface area contributed by atoms with Gasteiger partial charge >= 0.3 is 0 Å². The molecule has 20 heavy (non-hydrogen) atoms. The van der Waals surface area contributed by atoms with Gasteiger partial charge in [0.2, 0.25) is 5.91 Å². The zero-order valence-electron chi connectivity index (χ0n) is 12.1. The second-order valence-corrected chi connectivity index (χ2v) is 5.62. The zero-order chi connectivity index (χ0) is 14.7. The first-order valence-corrected chi connectivity index (χ1v) is 6.99. The highest BCUT2D eigenvalue weighted by atomic mass is 19.1. The van der Waals surface area contributed by atoms with Crippen LogP contribution in [0.15, 0.2) is 12.1 Å². The molecule has 0 aliphatic carbocycles. The van der Waals surface area contributed by atoms with E-state index in [1.54, 1.807) is 13.0 Å². The van der Waals surface area contributed by atoms with E-state index in [4.69, 9.17) is 5.73 Å². The second kappa shape index (κ2) is 6.22. The van der Waals surface area contributed by atoms with Crippen LogP contribution < -0.4 is 11.1 Å². The highest BCUT2D eigenvalue weighted by Gasteiger charge is 2.17. The minimum absolute atomic E-state index is 0.207. The Balaban J connectivity index is 2.03. The summed E-state index contributed by atoms with van der Waals surface area (Å²) >= 11 is 0. The number of hydrogen-bond donors (Lipinski definition) is 2. The fourth-order valence-corrected chi connectivity index (χ4v) is 2.53. The van der Waals surface area contributed by atoms with Gasteiger partial charge in [-0.2, -0.15) is 0 Å². The van der Waals surface area contributed by atoms with Crippen molar-refractivity contribution in [3.8, 4) is 0 Å². The number of likely N-dealkylation sites (tertiary alicyclic amines) is 1. The van der Waals surface area contributed by atoms with Gasteiger partial charge in [0.15, 0.2) is 0 Å². The number of amides is 1. The summed E-state index contributed by atoms with van der Waals surface area (Å²) in [6.45, 7) is 4.70. The number of halogens is 1. The van der Waals surface area contributed by atoms with Crippen LogP contribution in [0.3, 0.4) is 0 Å². The van der Waals surface area contributed by atoms with Gasteiger partial charge in [0.25, 0.3) is 0 Å². The monoisotopic (exact) mass is 279 g/mol. The topological polar surface area (TPSA) is 58.4 Å². The first-order chi connectivity index (χ1) is 9.47. The summed E-state index contributed by atoms with van der Waals surface area (Å²) in [5.74, 6) is -0.413. The molecule has 0 radical (unpaired) electrons. The SMILES string of the molecule is Cc1c(F)cc(C(N)=O)cc1NCC1CCN(C)CC1. The van der Waals surface area contributed by atoms with Crippen molar-refractivity contribution >= 4 is 11.6 Å². The Morgan fingerprint density at radius 3 is 2.70 bits per heavy atom. The molecule has 1 amide bonds. The maximum Gasteiger partial charge on any atom is 0.248 e. The summed E-state index contributed by atoms with van der Waals surface area (Å²) < 4.78 is 13.8. The highest BCUT2D eigenvalue weighted by molar-refractivity contribution is 5.94. The molecule has 1 heterocycles. The maximum absolute atomic E-state index is 13.8. The first-order valence-electron chi connectivity index (χ1n) is 6.99. The molecule has 110 valence electrons.